The number of likely N-dealkylation sites (tertiary alicyclic amines) is 1. The maximum absolute atomic E-state index is 13.2. The fourth-order valence-electron chi connectivity index (χ4n) is 3.09. The van der Waals surface area contributed by atoms with Gasteiger partial charge in [-0.25, -0.2) is 4.39 Å². The maximum Gasteiger partial charge on any atom is 0.141 e. The van der Waals surface area contributed by atoms with Crippen LogP contribution in [0, 0.1) is 11.7 Å². The Labute approximate surface area is 126 Å². The average molecular weight is 299 g/mol. The summed E-state index contributed by atoms with van der Waals surface area (Å²) in [6.07, 6.45) is 1.16. The van der Waals surface area contributed by atoms with Crippen LogP contribution in [0.1, 0.15) is 32.8 Å². The molecule has 1 fully saturated rings. The second-order valence-electron chi connectivity index (χ2n) is 5.77. The van der Waals surface area contributed by atoms with Crippen molar-refractivity contribution in [1.82, 2.24) is 10.2 Å². The van der Waals surface area contributed by atoms with Gasteiger partial charge in [-0.05, 0) is 43.5 Å². The number of benzene rings is 1. The van der Waals surface area contributed by atoms with Gasteiger partial charge < -0.3 is 5.32 Å². The zero-order valence-corrected chi connectivity index (χ0v) is 13.3. The first-order valence-electron chi connectivity index (χ1n) is 7.44. The SMILES string of the molecule is CCNC1CCN(Cc2ccc(F)c(Cl)c2)C(C)C1C. The number of nitrogens with one attached hydrogen (secondary N) is 1. The number of hydrogen-bond donors (Lipinski definition) is 1. The highest BCUT2D eigenvalue weighted by molar-refractivity contribution is 6.30. The minimum Gasteiger partial charge on any atom is -0.314 e. The van der Waals surface area contributed by atoms with E-state index in [0.717, 1.165) is 31.6 Å². The summed E-state index contributed by atoms with van der Waals surface area (Å²) in [6, 6.07) is 6.14. The van der Waals surface area contributed by atoms with Crippen LogP contribution in [0.5, 0.6) is 0 Å². The van der Waals surface area contributed by atoms with Crippen molar-refractivity contribution in [3.05, 3.63) is 34.6 Å². The Morgan fingerprint density at radius 3 is 2.80 bits per heavy atom. The lowest BCUT2D eigenvalue weighted by Gasteiger charge is -2.43. The largest absolute Gasteiger partial charge is 0.314 e. The smallest absolute Gasteiger partial charge is 0.141 e. The predicted molar refractivity (Wildman–Crippen MR) is 82.5 cm³/mol. The second kappa shape index (κ2) is 6.88. The van der Waals surface area contributed by atoms with Gasteiger partial charge in [0.1, 0.15) is 5.82 Å². The summed E-state index contributed by atoms with van der Waals surface area (Å²) in [4.78, 5) is 2.46. The summed E-state index contributed by atoms with van der Waals surface area (Å²) in [5, 5.41) is 3.78. The van der Waals surface area contributed by atoms with Gasteiger partial charge in [0.05, 0.1) is 5.02 Å². The Morgan fingerprint density at radius 2 is 2.15 bits per heavy atom. The molecule has 0 saturated carbocycles. The monoisotopic (exact) mass is 298 g/mol. The van der Waals surface area contributed by atoms with Crippen LogP contribution in [0.15, 0.2) is 18.2 Å². The van der Waals surface area contributed by atoms with E-state index in [-0.39, 0.29) is 10.8 Å². The summed E-state index contributed by atoms with van der Waals surface area (Å²) in [5.41, 5.74) is 1.08. The van der Waals surface area contributed by atoms with Gasteiger partial charge >= 0.3 is 0 Å². The van der Waals surface area contributed by atoms with Crippen molar-refractivity contribution in [2.45, 2.75) is 45.8 Å². The second-order valence-corrected chi connectivity index (χ2v) is 6.18. The molecule has 1 N–H and O–H groups in total. The number of piperidine rings is 1. The summed E-state index contributed by atoms with van der Waals surface area (Å²) in [5.74, 6) is 0.266. The molecule has 0 spiro atoms. The van der Waals surface area contributed by atoms with E-state index in [2.05, 4.69) is 31.0 Å². The van der Waals surface area contributed by atoms with Crippen molar-refractivity contribution in [1.29, 1.82) is 0 Å². The Hall–Kier alpha value is -0.640. The van der Waals surface area contributed by atoms with Crippen molar-refractivity contribution >= 4 is 11.6 Å². The van der Waals surface area contributed by atoms with E-state index in [1.165, 1.54) is 6.07 Å². The fourth-order valence-corrected chi connectivity index (χ4v) is 3.29. The Bertz CT molecular complexity index is 452. The summed E-state index contributed by atoms with van der Waals surface area (Å²) in [6.45, 7) is 9.67. The lowest BCUT2D eigenvalue weighted by Crippen LogP contribution is -2.52. The molecule has 20 heavy (non-hydrogen) atoms. The maximum atomic E-state index is 13.2. The highest BCUT2D eigenvalue weighted by atomic mass is 35.5. The third-order valence-corrected chi connectivity index (χ3v) is 4.82. The molecule has 0 aliphatic carbocycles. The number of nitrogens with zero attached hydrogens (tertiary/aromatic N) is 1. The van der Waals surface area contributed by atoms with Crippen LogP contribution >= 0.6 is 11.6 Å². The van der Waals surface area contributed by atoms with Crippen LogP contribution in [0.3, 0.4) is 0 Å². The minimum absolute atomic E-state index is 0.214. The Morgan fingerprint density at radius 1 is 1.40 bits per heavy atom. The van der Waals surface area contributed by atoms with Crippen LogP contribution in [0.4, 0.5) is 4.39 Å². The molecule has 3 atom stereocenters. The number of rotatable bonds is 4. The first kappa shape index (κ1) is 15.7. The molecule has 4 heteroatoms. The van der Waals surface area contributed by atoms with Gasteiger partial charge in [0.15, 0.2) is 0 Å². The predicted octanol–water partition coefficient (Wildman–Crippen LogP) is 3.69. The van der Waals surface area contributed by atoms with Crippen LogP contribution in [-0.4, -0.2) is 30.1 Å². The zero-order chi connectivity index (χ0) is 14.7. The molecule has 2 nitrogen and oxygen atoms in total. The molecule has 0 radical (unpaired) electrons. The van der Waals surface area contributed by atoms with Crippen molar-refractivity contribution in [2.24, 2.45) is 5.92 Å². The van der Waals surface area contributed by atoms with Gasteiger partial charge in [0, 0.05) is 25.2 Å². The third-order valence-electron chi connectivity index (χ3n) is 4.53. The van der Waals surface area contributed by atoms with Gasteiger partial charge in [-0.2, -0.15) is 0 Å². The van der Waals surface area contributed by atoms with E-state index < -0.39 is 0 Å². The Kier molecular flexibility index (Phi) is 5.42. The molecule has 1 saturated heterocycles. The molecule has 3 unspecified atom stereocenters. The normalized spacial score (nSPS) is 27.8. The Balaban J connectivity index is 2.01. The van der Waals surface area contributed by atoms with E-state index in [0.29, 0.717) is 18.0 Å². The van der Waals surface area contributed by atoms with E-state index in [1.807, 2.05) is 6.07 Å². The van der Waals surface area contributed by atoms with E-state index in [4.69, 9.17) is 11.6 Å². The minimum atomic E-state index is -0.345. The van der Waals surface area contributed by atoms with Crippen molar-refractivity contribution in [2.75, 3.05) is 13.1 Å². The van der Waals surface area contributed by atoms with E-state index in [1.54, 1.807) is 6.07 Å². The zero-order valence-electron chi connectivity index (χ0n) is 12.5. The van der Waals surface area contributed by atoms with Gasteiger partial charge in [0.2, 0.25) is 0 Å². The summed E-state index contributed by atoms with van der Waals surface area (Å²) in [7, 11) is 0. The molecule has 1 aliphatic heterocycles. The number of halogens is 2. The molecule has 0 bridgehead atoms. The van der Waals surface area contributed by atoms with Crippen LogP contribution in [0.25, 0.3) is 0 Å². The van der Waals surface area contributed by atoms with E-state index >= 15 is 0 Å². The fraction of sp³-hybridized carbons (Fsp3) is 0.625. The van der Waals surface area contributed by atoms with Gasteiger partial charge in [-0.1, -0.05) is 31.5 Å². The third kappa shape index (κ3) is 3.51. The summed E-state index contributed by atoms with van der Waals surface area (Å²) < 4.78 is 13.2. The van der Waals surface area contributed by atoms with E-state index in [9.17, 15) is 4.39 Å². The topological polar surface area (TPSA) is 15.3 Å². The van der Waals surface area contributed by atoms with Crippen LogP contribution in [0.2, 0.25) is 5.02 Å². The lowest BCUT2D eigenvalue weighted by molar-refractivity contribution is 0.0790. The molecule has 2 rings (SSSR count). The molecule has 1 heterocycles. The van der Waals surface area contributed by atoms with Crippen molar-refractivity contribution in [3.63, 3.8) is 0 Å². The standard InChI is InChI=1S/C16H24ClFN2/c1-4-19-16-7-8-20(12(3)11(16)2)10-13-5-6-15(18)14(17)9-13/h5-6,9,11-12,16,19H,4,7-8,10H2,1-3H3. The molecular formula is C16H24ClFN2. The molecule has 112 valence electrons. The molecule has 0 aromatic heterocycles. The molecular weight excluding hydrogens is 275 g/mol. The first-order valence-corrected chi connectivity index (χ1v) is 7.82. The van der Waals surface area contributed by atoms with Crippen molar-refractivity contribution in [3.8, 4) is 0 Å². The molecule has 0 amide bonds. The first-order chi connectivity index (χ1) is 9.52. The highest BCUT2D eigenvalue weighted by Gasteiger charge is 2.31. The van der Waals surface area contributed by atoms with Gasteiger partial charge in [0.25, 0.3) is 0 Å². The average Bonchev–Trinajstić information content (AvgIpc) is 2.42. The lowest BCUT2D eigenvalue weighted by atomic mass is 9.86. The number of hydrogen-bond acceptors (Lipinski definition) is 2. The van der Waals surface area contributed by atoms with Crippen LogP contribution in [-0.2, 0) is 6.54 Å². The highest BCUT2D eigenvalue weighted by Crippen LogP contribution is 2.26. The van der Waals surface area contributed by atoms with Gasteiger partial charge in [-0.15, -0.1) is 0 Å². The molecule has 1 aromatic rings. The van der Waals surface area contributed by atoms with Gasteiger partial charge in [-0.3, -0.25) is 4.90 Å². The van der Waals surface area contributed by atoms with Crippen molar-refractivity contribution < 1.29 is 4.39 Å². The molecule has 1 aliphatic rings. The summed E-state index contributed by atoms with van der Waals surface area (Å²) >= 11 is 5.86. The molecule has 1 aromatic carbocycles. The quantitative estimate of drug-likeness (QED) is 0.912. The van der Waals surface area contributed by atoms with Crippen LogP contribution < -0.4 is 5.32 Å².